The van der Waals surface area contributed by atoms with E-state index in [-0.39, 0.29) is 11.5 Å². The van der Waals surface area contributed by atoms with Gasteiger partial charge in [0.2, 0.25) is 0 Å². The molecule has 1 aromatic rings. The highest BCUT2D eigenvalue weighted by Crippen LogP contribution is 2.26. The van der Waals surface area contributed by atoms with E-state index in [1.54, 1.807) is 24.3 Å². The summed E-state index contributed by atoms with van der Waals surface area (Å²) in [7, 11) is 1.69. The van der Waals surface area contributed by atoms with E-state index in [0.29, 0.717) is 17.8 Å². The van der Waals surface area contributed by atoms with E-state index in [9.17, 15) is 4.79 Å². The number of rotatable bonds is 3. The van der Waals surface area contributed by atoms with Crippen molar-refractivity contribution in [1.29, 1.82) is 0 Å². The van der Waals surface area contributed by atoms with Gasteiger partial charge in [-0.3, -0.25) is 15.6 Å². The van der Waals surface area contributed by atoms with Crippen LogP contribution in [-0.4, -0.2) is 41.6 Å². The molecular weight excluding hydrogens is 244 g/mol. The predicted molar refractivity (Wildman–Crippen MR) is 72.6 cm³/mol. The van der Waals surface area contributed by atoms with Crippen molar-refractivity contribution in [2.45, 2.75) is 25.4 Å². The molecule has 1 fully saturated rings. The number of hydrogen-bond acceptors (Lipinski definition) is 5. The molecule has 1 saturated heterocycles. The van der Waals surface area contributed by atoms with Gasteiger partial charge in [0.15, 0.2) is 0 Å². The number of piperidine rings is 1. The van der Waals surface area contributed by atoms with E-state index in [1.807, 2.05) is 6.92 Å². The van der Waals surface area contributed by atoms with Crippen molar-refractivity contribution in [1.82, 2.24) is 9.88 Å². The second-order valence-corrected chi connectivity index (χ2v) is 5.05. The smallest absolute Gasteiger partial charge is 0.257 e. The minimum atomic E-state index is -0.271. The largest absolute Gasteiger partial charge is 0.377 e. The fourth-order valence-corrected chi connectivity index (χ4v) is 2.41. The molecule has 1 unspecified atom stereocenters. The molecule has 1 aliphatic rings. The third kappa shape index (κ3) is 2.85. The maximum Gasteiger partial charge on any atom is 0.257 e. The van der Waals surface area contributed by atoms with Crippen molar-refractivity contribution in [3.63, 3.8) is 0 Å². The number of pyridine rings is 1. The first-order valence-corrected chi connectivity index (χ1v) is 6.35. The number of aromatic nitrogens is 1. The molecule has 19 heavy (non-hydrogen) atoms. The highest BCUT2D eigenvalue weighted by molar-refractivity contribution is 5.99. The van der Waals surface area contributed by atoms with E-state index in [4.69, 9.17) is 10.6 Å². The second kappa shape index (κ2) is 5.54. The number of likely N-dealkylation sites (tertiary alicyclic amines) is 1. The normalized spacial score (nSPS) is 23.2. The van der Waals surface area contributed by atoms with Crippen LogP contribution in [0.15, 0.2) is 18.5 Å². The van der Waals surface area contributed by atoms with Crippen LogP contribution in [0.4, 0.5) is 5.69 Å². The lowest BCUT2D eigenvalue weighted by Gasteiger charge is -2.39. The Morgan fingerprint density at radius 3 is 3.11 bits per heavy atom. The number of nitrogens with two attached hydrogens (primary N) is 1. The first kappa shape index (κ1) is 13.8. The fraction of sp³-hybridized carbons (Fsp3) is 0.538. The SMILES string of the molecule is COC1(C)CCCN(C(=O)c2cnccc2NN)C1. The molecule has 0 bridgehead atoms. The molecule has 1 aromatic heterocycles. The van der Waals surface area contributed by atoms with Crippen molar-refractivity contribution in [3.05, 3.63) is 24.0 Å². The summed E-state index contributed by atoms with van der Waals surface area (Å²) in [5, 5.41) is 0. The van der Waals surface area contributed by atoms with Crippen LogP contribution in [0.3, 0.4) is 0 Å². The van der Waals surface area contributed by atoms with Crippen LogP contribution in [0.1, 0.15) is 30.1 Å². The third-order valence-corrected chi connectivity index (χ3v) is 3.65. The van der Waals surface area contributed by atoms with Gasteiger partial charge < -0.3 is 15.1 Å². The standard InChI is InChI=1S/C13H20N4O2/c1-13(19-2)5-3-7-17(9-13)12(18)10-8-15-6-4-11(10)16-14/h4,6,8H,3,5,7,9,14H2,1-2H3,(H,15,16). The van der Waals surface area contributed by atoms with Crippen LogP contribution < -0.4 is 11.3 Å². The first-order chi connectivity index (χ1) is 9.09. The van der Waals surface area contributed by atoms with Crippen molar-refractivity contribution >= 4 is 11.6 Å². The number of hydrogen-bond donors (Lipinski definition) is 2. The summed E-state index contributed by atoms with van der Waals surface area (Å²) in [4.78, 5) is 18.3. The lowest BCUT2D eigenvalue weighted by molar-refractivity contribution is -0.0440. The van der Waals surface area contributed by atoms with Crippen LogP contribution in [0.2, 0.25) is 0 Å². The molecule has 2 rings (SSSR count). The predicted octanol–water partition coefficient (Wildman–Crippen LogP) is 1.01. The number of carbonyl (C=O) groups excluding carboxylic acids is 1. The fourth-order valence-electron chi connectivity index (χ4n) is 2.41. The molecule has 1 amide bonds. The number of methoxy groups -OCH3 is 1. The number of nitrogen functional groups attached to an aromatic ring is 1. The van der Waals surface area contributed by atoms with Crippen LogP contribution in [0.25, 0.3) is 0 Å². The van der Waals surface area contributed by atoms with Crippen LogP contribution in [-0.2, 0) is 4.74 Å². The summed E-state index contributed by atoms with van der Waals surface area (Å²) in [5.41, 5.74) is 3.34. The highest BCUT2D eigenvalue weighted by atomic mass is 16.5. The quantitative estimate of drug-likeness (QED) is 0.629. The van der Waals surface area contributed by atoms with Gasteiger partial charge in [0.1, 0.15) is 0 Å². The lowest BCUT2D eigenvalue weighted by Crippen LogP contribution is -2.49. The molecule has 104 valence electrons. The monoisotopic (exact) mass is 264 g/mol. The summed E-state index contributed by atoms with van der Waals surface area (Å²) in [6, 6.07) is 1.69. The van der Waals surface area contributed by atoms with E-state index < -0.39 is 0 Å². The number of amides is 1. The first-order valence-electron chi connectivity index (χ1n) is 6.35. The maximum atomic E-state index is 12.5. The summed E-state index contributed by atoms with van der Waals surface area (Å²) in [6.07, 6.45) is 5.03. The molecule has 6 heteroatoms. The Bertz CT molecular complexity index is 466. The van der Waals surface area contributed by atoms with Gasteiger partial charge in [-0.2, -0.15) is 0 Å². The van der Waals surface area contributed by atoms with E-state index in [0.717, 1.165) is 19.4 Å². The molecule has 2 heterocycles. The van der Waals surface area contributed by atoms with Crippen molar-refractivity contribution in [3.8, 4) is 0 Å². The summed E-state index contributed by atoms with van der Waals surface area (Å²) in [5.74, 6) is 5.36. The summed E-state index contributed by atoms with van der Waals surface area (Å²) < 4.78 is 5.50. The minimum absolute atomic E-state index is 0.0657. The minimum Gasteiger partial charge on any atom is -0.377 e. The van der Waals surface area contributed by atoms with Crippen molar-refractivity contribution < 1.29 is 9.53 Å². The Morgan fingerprint density at radius 1 is 1.63 bits per heavy atom. The van der Waals surface area contributed by atoms with E-state index in [1.165, 1.54) is 6.20 Å². The molecule has 1 atom stereocenters. The Hall–Kier alpha value is -1.66. The molecule has 0 aliphatic carbocycles. The number of hydrazine groups is 1. The molecule has 3 N–H and O–H groups in total. The lowest BCUT2D eigenvalue weighted by atomic mass is 9.94. The Morgan fingerprint density at radius 2 is 2.42 bits per heavy atom. The van der Waals surface area contributed by atoms with E-state index >= 15 is 0 Å². The number of carbonyl (C=O) groups is 1. The topological polar surface area (TPSA) is 80.5 Å². The molecular formula is C13H20N4O2. The zero-order valence-electron chi connectivity index (χ0n) is 11.3. The van der Waals surface area contributed by atoms with Crippen LogP contribution in [0, 0.1) is 0 Å². The van der Waals surface area contributed by atoms with Gasteiger partial charge in [-0.05, 0) is 25.8 Å². The average molecular weight is 264 g/mol. The average Bonchev–Trinajstić information content (AvgIpc) is 2.46. The van der Waals surface area contributed by atoms with Gasteiger partial charge in [0, 0.05) is 32.6 Å². The number of ether oxygens (including phenoxy) is 1. The van der Waals surface area contributed by atoms with Gasteiger partial charge in [0.25, 0.3) is 5.91 Å². The molecule has 0 aromatic carbocycles. The van der Waals surface area contributed by atoms with Gasteiger partial charge in [-0.25, -0.2) is 0 Å². The molecule has 0 spiro atoms. The Balaban J connectivity index is 2.19. The van der Waals surface area contributed by atoms with Gasteiger partial charge in [-0.15, -0.1) is 0 Å². The number of nitrogens with zero attached hydrogens (tertiary/aromatic N) is 2. The van der Waals surface area contributed by atoms with Crippen LogP contribution >= 0.6 is 0 Å². The van der Waals surface area contributed by atoms with Crippen molar-refractivity contribution in [2.24, 2.45) is 5.84 Å². The van der Waals surface area contributed by atoms with E-state index in [2.05, 4.69) is 10.4 Å². The molecule has 1 aliphatic heterocycles. The van der Waals surface area contributed by atoms with Crippen molar-refractivity contribution in [2.75, 3.05) is 25.6 Å². The summed E-state index contributed by atoms with van der Waals surface area (Å²) >= 11 is 0. The van der Waals surface area contributed by atoms with Gasteiger partial charge in [-0.1, -0.05) is 0 Å². The summed E-state index contributed by atoms with van der Waals surface area (Å²) in [6.45, 7) is 3.34. The number of anilines is 1. The maximum absolute atomic E-state index is 12.5. The molecule has 6 nitrogen and oxygen atoms in total. The molecule has 0 saturated carbocycles. The van der Waals surface area contributed by atoms with Crippen LogP contribution in [0.5, 0.6) is 0 Å². The Kier molecular flexibility index (Phi) is 4.01. The van der Waals surface area contributed by atoms with Gasteiger partial charge in [0.05, 0.1) is 16.9 Å². The number of nitrogens with one attached hydrogen (secondary N) is 1. The third-order valence-electron chi connectivity index (χ3n) is 3.65. The van der Waals surface area contributed by atoms with Gasteiger partial charge >= 0.3 is 0 Å². The highest BCUT2D eigenvalue weighted by Gasteiger charge is 2.33. The second-order valence-electron chi connectivity index (χ2n) is 5.05. The zero-order chi connectivity index (χ0) is 13.9. The Labute approximate surface area is 112 Å². The zero-order valence-corrected chi connectivity index (χ0v) is 11.3. The molecule has 0 radical (unpaired) electrons.